The number of amides is 1. The van der Waals surface area contributed by atoms with E-state index < -0.39 is 0 Å². The summed E-state index contributed by atoms with van der Waals surface area (Å²) in [6.45, 7) is 4.69. The van der Waals surface area contributed by atoms with Crippen molar-refractivity contribution in [2.24, 2.45) is 0 Å². The fourth-order valence-corrected chi connectivity index (χ4v) is 5.03. The van der Waals surface area contributed by atoms with Crippen molar-refractivity contribution in [3.63, 3.8) is 0 Å². The van der Waals surface area contributed by atoms with Crippen molar-refractivity contribution in [2.45, 2.75) is 6.42 Å². The molecule has 1 aromatic heterocycles. The molecule has 1 fully saturated rings. The normalized spacial score (nSPS) is 14.1. The van der Waals surface area contributed by atoms with Crippen LogP contribution in [0.5, 0.6) is 23.0 Å². The number of carbonyl (C=O) groups is 1. The maximum absolute atomic E-state index is 13.8. The standard InChI is InChI=1S/C25H31N3O6S/c1-30-18-6-7-22-19(16-18)26-25(35-22)28(9-5-8-27-10-12-34-13-11-27)24(29)17-14-20(31-2)23(33-4)21(15-17)32-3/h6-7,14-16H,5,8-13H2,1-4H3. The Kier molecular flexibility index (Phi) is 8.27. The fraction of sp³-hybridized carbons (Fsp3) is 0.440. The number of carbonyl (C=O) groups excluding carboxylic acids is 1. The smallest absolute Gasteiger partial charge is 0.260 e. The Labute approximate surface area is 209 Å². The number of nitrogens with zero attached hydrogens (tertiary/aromatic N) is 3. The molecule has 10 heteroatoms. The Balaban J connectivity index is 1.66. The second-order valence-electron chi connectivity index (χ2n) is 8.01. The molecule has 2 heterocycles. The number of anilines is 1. The van der Waals surface area contributed by atoms with Gasteiger partial charge < -0.3 is 23.7 Å². The first kappa shape index (κ1) is 25.0. The summed E-state index contributed by atoms with van der Waals surface area (Å²) in [4.78, 5) is 22.7. The molecule has 0 unspecified atom stereocenters. The second kappa shape index (κ2) is 11.6. The van der Waals surface area contributed by atoms with Crippen LogP contribution in [0.25, 0.3) is 10.2 Å². The molecular formula is C25H31N3O6S. The molecule has 1 saturated heterocycles. The number of aromatic nitrogens is 1. The minimum Gasteiger partial charge on any atom is -0.497 e. The van der Waals surface area contributed by atoms with Crippen LogP contribution in [0.15, 0.2) is 30.3 Å². The maximum Gasteiger partial charge on any atom is 0.260 e. The summed E-state index contributed by atoms with van der Waals surface area (Å²) in [6.07, 6.45) is 0.801. The van der Waals surface area contributed by atoms with Crippen molar-refractivity contribution in [1.29, 1.82) is 0 Å². The van der Waals surface area contributed by atoms with Gasteiger partial charge in [-0.2, -0.15) is 0 Å². The topological polar surface area (TPSA) is 82.6 Å². The first-order chi connectivity index (χ1) is 17.1. The summed E-state index contributed by atoms with van der Waals surface area (Å²) in [7, 11) is 6.23. The van der Waals surface area contributed by atoms with Gasteiger partial charge in [-0.3, -0.25) is 14.6 Å². The first-order valence-corrected chi connectivity index (χ1v) is 12.3. The Hall–Kier alpha value is -3.08. The Morgan fingerprint density at radius 2 is 1.74 bits per heavy atom. The molecule has 2 aromatic carbocycles. The molecule has 35 heavy (non-hydrogen) atoms. The highest BCUT2D eigenvalue weighted by Crippen LogP contribution is 2.39. The lowest BCUT2D eigenvalue weighted by atomic mass is 10.1. The Bertz CT molecular complexity index is 1140. The van der Waals surface area contributed by atoms with E-state index in [4.69, 9.17) is 28.7 Å². The van der Waals surface area contributed by atoms with Crippen molar-refractivity contribution in [2.75, 3.05) is 72.7 Å². The highest BCUT2D eigenvalue weighted by atomic mass is 32.1. The van der Waals surface area contributed by atoms with Crippen LogP contribution in [0.2, 0.25) is 0 Å². The van der Waals surface area contributed by atoms with Gasteiger partial charge in [0.15, 0.2) is 16.6 Å². The molecule has 9 nitrogen and oxygen atoms in total. The highest BCUT2D eigenvalue weighted by molar-refractivity contribution is 7.22. The van der Waals surface area contributed by atoms with E-state index in [0.29, 0.717) is 34.5 Å². The third-order valence-corrected chi connectivity index (χ3v) is 6.99. The number of ether oxygens (including phenoxy) is 5. The molecule has 1 aliphatic heterocycles. The molecule has 0 saturated carbocycles. The van der Waals surface area contributed by atoms with Crippen molar-refractivity contribution < 1.29 is 28.5 Å². The minimum absolute atomic E-state index is 0.183. The number of thiazole rings is 1. The van der Waals surface area contributed by atoms with Crippen LogP contribution in [-0.2, 0) is 4.74 Å². The molecule has 0 radical (unpaired) electrons. The van der Waals surface area contributed by atoms with E-state index in [2.05, 4.69) is 4.90 Å². The predicted octanol–water partition coefficient (Wildman–Crippen LogP) is 3.70. The lowest BCUT2D eigenvalue weighted by Gasteiger charge is -2.28. The SMILES string of the molecule is COc1ccc2sc(N(CCCN3CCOCC3)C(=O)c3cc(OC)c(OC)c(OC)c3)nc2c1. The maximum atomic E-state index is 13.8. The van der Waals surface area contributed by atoms with Gasteiger partial charge in [-0.25, -0.2) is 4.98 Å². The summed E-state index contributed by atoms with van der Waals surface area (Å²) in [5, 5.41) is 0.633. The van der Waals surface area contributed by atoms with Crippen LogP contribution < -0.4 is 23.8 Å². The average Bonchev–Trinajstić information content (AvgIpc) is 3.33. The highest BCUT2D eigenvalue weighted by Gasteiger charge is 2.25. The zero-order valence-electron chi connectivity index (χ0n) is 20.5. The number of hydrogen-bond acceptors (Lipinski definition) is 9. The molecule has 1 aliphatic rings. The van der Waals surface area contributed by atoms with Crippen molar-refractivity contribution >= 4 is 32.6 Å². The molecule has 0 aliphatic carbocycles. The average molecular weight is 502 g/mol. The molecule has 0 spiro atoms. The summed E-state index contributed by atoms with van der Waals surface area (Å²) < 4.78 is 28.1. The van der Waals surface area contributed by atoms with E-state index in [1.807, 2.05) is 18.2 Å². The molecule has 4 rings (SSSR count). The van der Waals surface area contributed by atoms with E-state index in [0.717, 1.165) is 55.2 Å². The molecule has 188 valence electrons. The summed E-state index contributed by atoms with van der Waals surface area (Å²) in [5.41, 5.74) is 1.22. The van der Waals surface area contributed by atoms with E-state index in [1.165, 1.54) is 32.7 Å². The number of methoxy groups -OCH3 is 4. The second-order valence-corrected chi connectivity index (χ2v) is 9.02. The molecule has 3 aromatic rings. The lowest BCUT2D eigenvalue weighted by molar-refractivity contribution is 0.0376. The molecule has 0 N–H and O–H groups in total. The molecule has 0 atom stereocenters. The Morgan fingerprint density at radius 1 is 1.03 bits per heavy atom. The van der Waals surface area contributed by atoms with Gasteiger partial charge in [0.05, 0.1) is 51.9 Å². The van der Waals surface area contributed by atoms with Crippen molar-refractivity contribution in [3.8, 4) is 23.0 Å². The van der Waals surface area contributed by atoms with Gasteiger partial charge in [-0.15, -0.1) is 0 Å². The Morgan fingerprint density at radius 3 is 2.37 bits per heavy atom. The fourth-order valence-electron chi connectivity index (χ4n) is 4.06. The molecule has 1 amide bonds. The monoisotopic (exact) mass is 501 g/mol. The third-order valence-electron chi connectivity index (χ3n) is 5.93. The van der Waals surface area contributed by atoms with Gasteiger partial charge >= 0.3 is 0 Å². The van der Waals surface area contributed by atoms with Crippen molar-refractivity contribution in [3.05, 3.63) is 35.9 Å². The lowest BCUT2D eigenvalue weighted by Crippen LogP contribution is -2.39. The summed E-state index contributed by atoms with van der Waals surface area (Å²) in [5.74, 6) is 1.84. The van der Waals surface area contributed by atoms with E-state index in [1.54, 1.807) is 24.1 Å². The van der Waals surface area contributed by atoms with E-state index in [-0.39, 0.29) is 5.91 Å². The zero-order valence-corrected chi connectivity index (χ0v) is 21.4. The first-order valence-electron chi connectivity index (χ1n) is 11.4. The van der Waals surface area contributed by atoms with Gasteiger partial charge in [0.2, 0.25) is 5.75 Å². The van der Waals surface area contributed by atoms with Crippen LogP contribution in [0.4, 0.5) is 5.13 Å². The van der Waals surface area contributed by atoms with Gasteiger partial charge in [-0.05, 0) is 30.7 Å². The van der Waals surface area contributed by atoms with E-state index in [9.17, 15) is 4.79 Å². The van der Waals surface area contributed by atoms with E-state index >= 15 is 0 Å². The number of fused-ring (bicyclic) bond motifs is 1. The molecular weight excluding hydrogens is 470 g/mol. The van der Waals surface area contributed by atoms with Gasteiger partial charge in [0.25, 0.3) is 5.91 Å². The number of benzene rings is 2. The predicted molar refractivity (Wildman–Crippen MR) is 136 cm³/mol. The largest absolute Gasteiger partial charge is 0.497 e. The van der Waals surface area contributed by atoms with Crippen LogP contribution in [0.3, 0.4) is 0 Å². The minimum atomic E-state index is -0.183. The number of hydrogen-bond donors (Lipinski definition) is 0. The quantitative estimate of drug-likeness (QED) is 0.416. The van der Waals surface area contributed by atoms with Crippen LogP contribution in [0, 0.1) is 0 Å². The number of rotatable bonds is 10. The van der Waals surface area contributed by atoms with Crippen LogP contribution in [-0.4, -0.2) is 83.6 Å². The molecule has 0 bridgehead atoms. The van der Waals surface area contributed by atoms with Gasteiger partial charge in [0.1, 0.15) is 5.75 Å². The summed E-state index contributed by atoms with van der Waals surface area (Å²) >= 11 is 1.48. The number of morpholine rings is 1. The summed E-state index contributed by atoms with van der Waals surface area (Å²) in [6, 6.07) is 9.09. The third kappa shape index (κ3) is 5.61. The van der Waals surface area contributed by atoms with Crippen LogP contribution in [0.1, 0.15) is 16.8 Å². The van der Waals surface area contributed by atoms with Gasteiger partial charge in [0, 0.05) is 37.8 Å². The zero-order chi connectivity index (χ0) is 24.8. The van der Waals surface area contributed by atoms with Crippen LogP contribution >= 0.6 is 11.3 Å². The van der Waals surface area contributed by atoms with Gasteiger partial charge in [-0.1, -0.05) is 11.3 Å². The van der Waals surface area contributed by atoms with Crippen molar-refractivity contribution in [1.82, 2.24) is 9.88 Å².